The summed E-state index contributed by atoms with van der Waals surface area (Å²) >= 11 is 6.75. The van der Waals surface area contributed by atoms with Crippen LogP contribution < -0.4 is 0 Å². The van der Waals surface area contributed by atoms with E-state index < -0.39 is 0 Å². The van der Waals surface area contributed by atoms with Crippen molar-refractivity contribution in [2.45, 2.75) is 32.4 Å². The van der Waals surface area contributed by atoms with Gasteiger partial charge in [0.25, 0.3) is 5.91 Å². The highest BCUT2D eigenvalue weighted by atomic mass is 79.9. The fourth-order valence-corrected chi connectivity index (χ4v) is 4.22. The predicted molar refractivity (Wildman–Crippen MR) is 84.0 cm³/mol. The first kappa shape index (κ1) is 13.3. The van der Waals surface area contributed by atoms with Crippen molar-refractivity contribution in [1.82, 2.24) is 4.90 Å². The van der Waals surface area contributed by atoms with Crippen molar-refractivity contribution in [1.29, 1.82) is 0 Å². The number of halogens is 1. The van der Waals surface area contributed by atoms with Gasteiger partial charge in [-0.15, -0.1) is 22.7 Å². The second kappa shape index (κ2) is 5.38. The number of nitrogens with zero attached hydrogens (tertiary/aromatic N) is 1. The minimum Gasteiger partial charge on any atom is -0.330 e. The first-order valence-corrected chi connectivity index (χ1v) is 8.73. The van der Waals surface area contributed by atoms with Gasteiger partial charge in [0.1, 0.15) is 0 Å². The molecule has 0 saturated heterocycles. The maximum Gasteiger partial charge on any atom is 0.264 e. The summed E-state index contributed by atoms with van der Waals surface area (Å²) in [5.41, 5.74) is 1.14. The second-order valence-electron chi connectivity index (χ2n) is 4.81. The van der Waals surface area contributed by atoms with Gasteiger partial charge in [0.05, 0.1) is 15.2 Å². The van der Waals surface area contributed by atoms with E-state index in [2.05, 4.69) is 27.4 Å². The molecule has 2 aromatic rings. The van der Waals surface area contributed by atoms with E-state index in [-0.39, 0.29) is 5.91 Å². The molecule has 0 N–H and O–H groups in total. The summed E-state index contributed by atoms with van der Waals surface area (Å²) < 4.78 is 1.06. The molecule has 5 heteroatoms. The molecule has 2 heterocycles. The Bertz CT molecular complexity index is 567. The molecular weight excluding hydrogens is 342 g/mol. The smallest absolute Gasteiger partial charge is 0.264 e. The van der Waals surface area contributed by atoms with E-state index in [1.807, 2.05) is 24.0 Å². The third kappa shape index (κ3) is 2.93. The second-order valence-corrected chi connectivity index (χ2v) is 8.21. The van der Waals surface area contributed by atoms with Gasteiger partial charge in [-0.25, -0.2) is 0 Å². The standard InChI is InChI=1S/C14H14BrNOS2/c1-9-7-12(19-13(9)15)14(17)16(10-4-5-10)8-11-3-2-6-18-11/h2-3,6-7,10H,4-5,8H2,1H3. The molecule has 0 aromatic carbocycles. The van der Waals surface area contributed by atoms with Crippen LogP contribution in [0.4, 0.5) is 0 Å². The number of thiophene rings is 2. The summed E-state index contributed by atoms with van der Waals surface area (Å²) in [6.45, 7) is 2.77. The van der Waals surface area contributed by atoms with Gasteiger partial charge in [0.2, 0.25) is 0 Å². The van der Waals surface area contributed by atoms with Gasteiger partial charge < -0.3 is 4.90 Å². The molecule has 0 spiro atoms. The van der Waals surface area contributed by atoms with E-state index in [1.165, 1.54) is 16.2 Å². The zero-order valence-electron chi connectivity index (χ0n) is 10.6. The van der Waals surface area contributed by atoms with Gasteiger partial charge in [-0.3, -0.25) is 4.79 Å². The van der Waals surface area contributed by atoms with Crippen LogP contribution in [0.2, 0.25) is 0 Å². The van der Waals surface area contributed by atoms with Crippen molar-refractivity contribution < 1.29 is 4.79 Å². The Morgan fingerprint density at radius 2 is 2.32 bits per heavy atom. The van der Waals surface area contributed by atoms with E-state index in [0.29, 0.717) is 6.04 Å². The Hall–Kier alpha value is -0.650. The topological polar surface area (TPSA) is 20.3 Å². The zero-order chi connectivity index (χ0) is 13.4. The number of amides is 1. The van der Waals surface area contributed by atoms with Crippen LogP contribution in [0.5, 0.6) is 0 Å². The van der Waals surface area contributed by atoms with Gasteiger partial charge in [-0.2, -0.15) is 0 Å². The van der Waals surface area contributed by atoms with Gasteiger partial charge in [0.15, 0.2) is 0 Å². The monoisotopic (exact) mass is 355 g/mol. The predicted octanol–water partition coefficient (Wildman–Crippen LogP) is 4.69. The average Bonchev–Trinajstić information content (AvgIpc) is 3.00. The van der Waals surface area contributed by atoms with Crippen LogP contribution in [0.3, 0.4) is 0 Å². The summed E-state index contributed by atoms with van der Waals surface area (Å²) in [5.74, 6) is 0.176. The fourth-order valence-electron chi connectivity index (χ4n) is 2.03. The van der Waals surface area contributed by atoms with Crippen LogP contribution in [0, 0.1) is 6.92 Å². The van der Waals surface area contributed by atoms with Gasteiger partial charge in [-0.05, 0) is 58.8 Å². The summed E-state index contributed by atoms with van der Waals surface area (Å²) in [5, 5.41) is 2.07. The largest absolute Gasteiger partial charge is 0.330 e. The number of hydrogen-bond donors (Lipinski definition) is 0. The van der Waals surface area contributed by atoms with Crippen molar-refractivity contribution in [3.63, 3.8) is 0 Å². The van der Waals surface area contributed by atoms with Crippen molar-refractivity contribution in [2.75, 3.05) is 0 Å². The molecule has 100 valence electrons. The summed E-state index contributed by atoms with van der Waals surface area (Å²) in [6.07, 6.45) is 2.28. The molecule has 3 rings (SSSR count). The summed E-state index contributed by atoms with van der Waals surface area (Å²) in [7, 11) is 0. The molecule has 0 unspecified atom stereocenters. The Balaban J connectivity index is 1.81. The highest BCUT2D eigenvalue weighted by molar-refractivity contribution is 9.11. The maximum absolute atomic E-state index is 12.6. The third-order valence-corrected chi connectivity index (χ3v) is 6.21. The Kier molecular flexibility index (Phi) is 3.78. The Morgan fingerprint density at radius 1 is 1.53 bits per heavy atom. The Labute approximate surface area is 129 Å². The van der Waals surface area contributed by atoms with E-state index in [0.717, 1.165) is 33.6 Å². The van der Waals surface area contributed by atoms with Crippen molar-refractivity contribution in [3.05, 3.63) is 42.7 Å². The molecular formula is C14H14BrNOS2. The minimum atomic E-state index is 0.176. The first-order valence-electron chi connectivity index (χ1n) is 6.24. The summed E-state index contributed by atoms with van der Waals surface area (Å²) in [4.78, 5) is 16.8. The lowest BCUT2D eigenvalue weighted by atomic mass is 10.3. The molecule has 1 aliphatic rings. The molecule has 0 bridgehead atoms. The third-order valence-electron chi connectivity index (χ3n) is 3.22. The minimum absolute atomic E-state index is 0.176. The highest BCUT2D eigenvalue weighted by Gasteiger charge is 2.33. The number of aryl methyl sites for hydroxylation is 1. The van der Waals surface area contributed by atoms with Crippen LogP contribution in [0.1, 0.15) is 33.0 Å². The molecule has 1 fully saturated rings. The fraction of sp³-hybridized carbons (Fsp3) is 0.357. The van der Waals surface area contributed by atoms with Gasteiger partial charge >= 0.3 is 0 Å². The molecule has 2 aromatic heterocycles. The number of rotatable bonds is 4. The van der Waals surface area contributed by atoms with Crippen LogP contribution in [-0.4, -0.2) is 16.8 Å². The van der Waals surface area contributed by atoms with E-state index in [1.54, 1.807) is 11.3 Å². The lowest BCUT2D eigenvalue weighted by Crippen LogP contribution is -2.31. The number of hydrogen-bond acceptors (Lipinski definition) is 3. The SMILES string of the molecule is Cc1cc(C(=O)N(Cc2cccs2)C2CC2)sc1Br. The first-order chi connectivity index (χ1) is 9.15. The van der Waals surface area contributed by atoms with Crippen LogP contribution in [-0.2, 0) is 6.54 Å². The van der Waals surface area contributed by atoms with Crippen LogP contribution in [0.25, 0.3) is 0 Å². The maximum atomic E-state index is 12.6. The molecule has 2 nitrogen and oxygen atoms in total. The lowest BCUT2D eigenvalue weighted by molar-refractivity contribution is 0.0736. The van der Waals surface area contributed by atoms with Gasteiger partial charge in [0, 0.05) is 10.9 Å². The van der Waals surface area contributed by atoms with Crippen LogP contribution >= 0.6 is 38.6 Å². The molecule has 1 aliphatic carbocycles. The lowest BCUT2D eigenvalue weighted by Gasteiger charge is -2.21. The number of carbonyl (C=O) groups excluding carboxylic acids is 1. The van der Waals surface area contributed by atoms with E-state index in [9.17, 15) is 4.79 Å². The van der Waals surface area contributed by atoms with Crippen LogP contribution in [0.15, 0.2) is 27.4 Å². The quantitative estimate of drug-likeness (QED) is 0.779. The summed E-state index contributed by atoms with van der Waals surface area (Å²) in [6, 6.07) is 6.57. The van der Waals surface area contributed by atoms with Crippen molar-refractivity contribution in [3.8, 4) is 0 Å². The van der Waals surface area contributed by atoms with Crippen molar-refractivity contribution in [2.24, 2.45) is 0 Å². The van der Waals surface area contributed by atoms with Crippen molar-refractivity contribution >= 4 is 44.5 Å². The van der Waals surface area contributed by atoms with Gasteiger partial charge in [-0.1, -0.05) is 6.07 Å². The molecule has 1 amide bonds. The highest BCUT2D eigenvalue weighted by Crippen LogP contribution is 2.34. The molecule has 0 atom stereocenters. The average molecular weight is 356 g/mol. The molecule has 0 aliphatic heterocycles. The number of carbonyl (C=O) groups is 1. The molecule has 1 saturated carbocycles. The normalized spacial score (nSPS) is 14.6. The van der Waals surface area contributed by atoms with E-state index >= 15 is 0 Å². The molecule has 0 radical (unpaired) electrons. The van der Waals surface area contributed by atoms with E-state index in [4.69, 9.17) is 0 Å². The molecule has 19 heavy (non-hydrogen) atoms. The Morgan fingerprint density at radius 3 is 2.84 bits per heavy atom. The zero-order valence-corrected chi connectivity index (χ0v) is 13.8.